The highest BCUT2D eigenvalue weighted by molar-refractivity contribution is 5.10. The van der Waals surface area contributed by atoms with Crippen LogP contribution in [0.1, 0.15) is 43.7 Å². The van der Waals surface area contributed by atoms with E-state index in [-0.39, 0.29) is 6.04 Å². The lowest BCUT2D eigenvalue weighted by molar-refractivity contribution is 0.416. The zero-order chi connectivity index (χ0) is 9.26. The third-order valence-corrected chi connectivity index (χ3v) is 2.68. The molecule has 1 saturated carbocycles. The van der Waals surface area contributed by atoms with Crippen LogP contribution in [-0.4, -0.2) is 0 Å². The predicted molar refractivity (Wildman–Crippen MR) is 52.4 cm³/mol. The van der Waals surface area contributed by atoms with Crippen LogP contribution in [0.25, 0.3) is 0 Å². The molecule has 2 nitrogen and oxygen atoms in total. The topological polar surface area (TPSA) is 39.2 Å². The fraction of sp³-hybridized carbons (Fsp3) is 0.636. The Morgan fingerprint density at radius 3 is 2.85 bits per heavy atom. The molecule has 1 unspecified atom stereocenters. The van der Waals surface area contributed by atoms with E-state index < -0.39 is 0 Å². The van der Waals surface area contributed by atoms with Gasteiger partial charge >= 0.3 is 0 Å². The molecular weight excluding hydrogens is 162 g/mol. The molecule has 1 aromatic heterocycles. The number of hydrogen-bond acceptors (Lipinski definition) is 2. The van der Waals surface area contributed by atoms with Crippen LogP contribution in [0.5, 0.6) is 0 Å². The van der Waals surface area contributed by atoms with E-state index in [1.165, 1.54) is 12.8 Å². The molecule has 2 N–H and O–H groups in total. The number of hydrogen-bond donors (Lipinski definition) is 1. The summed E-state index contributed by atoms with van der Waals surface area (Å²) in [6.45, 7) is 2.09. The van der Waals surface area contributed by atoms with E-state index in [0.29, 0.717) is 0 Å². The van der Waals surface area contributed by atoms with Gasteiger partial charge in [0.25, 0.3) is 0 Å². The Bertz CT molecular complexity index is 275. The first-order valence-electron chi connectivity index (χ1n) is 5.13. The normalized spacial score (nSPS) is 18.9. The molecule has 2 heteroatoms. The molecule has 2 rings (SSSR count). The van der Waals surface area contributed by atoms with Gasteiger partial charge in [0.2, 0.25) is 0 Å². The van der Waals surface area contributed by atoms with Crippen LogP contribution >= 0.6 is 0 Å². The summed E-state index contributed by atoms with van der Waals surface area (Å²) < 4.78 is 5.60. The van der Waals surface area contributed by atoms with Crippen molar-refractivity contribution in [1.82, 2.24) is 0 Å². The van der Waals surface area contributed by atoms with Gasteiger partial charge in [-0.2, -0.15) is 0 Å². The van der Waals surface area contributed by atoms with Crippen LogP contribution in [0.15, 0.2) is 16.5 Å². The second kappa shape index (κ2) is 3.54. The number of aryl methyl sites for hydroxylation is 1. The van der Waals surface area contributed by atoms with Crippen LogP contribution in [0, 0.1) is 5.92 Å². The molecule has 0 amide bonds. The maximum Gasteiger partial charge on any atom is 0.120 e. The highest BCUT2D eigenvalue weighted by Gasteiger charge is 2.25. The predicted octanol–water partition coefficient (Wildman–Crippen LogP) is 2.64. The van der Waals surface area contributed by atoms with Gasteiger partial charge in [-0.3, -0.25) is 0 Å². The molecule has 0 bridgehead atoms. The first-order chi connectivity index (χ1) is 6.29. The van der Waals surface area contributed by atoms with E-state index in [4.69, 9.17) is 10.2 Å². The van der Waals surface area contributed by atoms with Crippen molar-refractivity contribution in [3.8, 4) is 0 Å². The summed E-state index contributed by atoms with van der Waals surface area (Å²) in [4.78, 5) is 0. The summed E-state index contributed by atoms with van der Waals surface area (Å²) in [5, 5.41) is 0. The fourth-order valence-corrected chi connectivity index (χ4v) is 1.61. The fourth-order valence-electron chi connectivity index (χ4n) is 1.61. The molecule has 0 radical (unpaired) electrons. The van der Waals surface area contributed by atoms with Gasteiger partial charge in [0.05, 0.1) is 6.04 Å². The van der Waals surface area contributed by atoms with Crippen molar-refractivity contribution in [2.45, 2.75) is 38.6 Å². The van der Waals surface area contributed by atoms with Gasteiger partial charge in [-0.05, 0) is 24.5 Å². The molecule has 72 valence electrons. The summed E-state index contributed by atoms with van der Waals surface area (Å²) >= 11 is 0. The van der Waals surface area contributed by atoms with Crippen molar-refractivity contribution < 1.29 is 4.42 Å². The zero-order valence-electron chi connectivity index (χ0n) is 8.12. The monoisotopic (exact) mass is 179 g/mol. The lowest BCUT2D eigenvalue weighted by atomic mass is 10.1. The molecule has 1 atom stereocenters. The molecule has 1 aliphatic carbocycles. The standard InChI is InChI=1S/C11H17NO/c1-2-9-5-6-11(13-9)10(12)7-8-3-4-8/h5-6,8,10H,2-4,7,12H2,1H3. The first-order valence-corrected chi connectivity index (χ1v) is 5.13. The third kappa shape index (κ3) is 2.13. The highest BCUT2D eigenvalue weighted by atomic mass is 16.3. The molecule has 0 saturated heterocycles. The van der Waals surface area contributed by atoms with Crippen molar-refractivity contribution in [2.24, 2.45) is 11.7 Å². The maximum atomic E-state index is 6.01. The van der Waals surface area contributed by atoms with Crippen LogP contribution in [0.3, 0.4) is 0 Å². The Hall–Kier alpha value is -0.760. The van der Waals surface area contributed by atoms with Crippen LogP contribution in [0.4, 0.5) is 0 Å². The van der Waals surface area contributed by atoms with Crippen LogP contribution in [-0.2, 0) is 6.42 Å². The summed E-state index contributed by atoms with van der Waals surface area (Å²) in [5.74, 6) is 2.87. The number of rotatable bonds is 4. The molecule has 13 heavy (non-hydrogen) atoms. The van der Waals surface area contributed by atoms with E-state index in [2.05, 4.69) is 6.92 Å². The van der Waals surface area contributed by atoms with E-state index >= 15 is 0 Å². The molecular formula is C11H17NO. The van der Waals surface area contributed by atoms with Crippen molar-refractivity contribution >= 4 is 0 Å². The largest absolute Gasteiger partial charge is 0.464 e. The Labute approximate surface area is 79.1 Å². The Kier molecular flexibility index (Phi) is 2.40. The summed E-state index contributed by atoms with van der Waals surface area (Å²) in [7, 11) is 0. The zero-order valence-corrected chi connectivity index (χ0v) is 8.12. The second-order valence-corrected chi connectivity index (χ2v) is 3.94. The minimum Gasteiger partial charge on any atom is -0.464 e. The van der Waals surface area contributed by atoms with Crippen LogP contribution < -0.4 is 5.73 Å². The lowest BCUT2D eigenvalue weighted by Crippen LogP contribution is -2.09. The molecule has 1 aromatic rings. The van der Waals surface area contributed by atoms with Gasteiger partial charge < -0.3 is 10.2 Å². The smallest absolute Gasteiger partial charge is 0.120 e. The molecule has 1 fully saturated rings. The minimum atomic E-state index is 0.118. The Morgan fingerprint density at radius 2 is 2.31 bits per heavy atom. The molecule has 1 heterocycles. The van der Waals surface area contributed by atoms with E-state index in [1.54, 1.807) is 0 Å². The second-order valence-electron chi connectivity index (χ2n) is 3.94. The Balaban J connectivity index is 1.96. The van der Waals surface area contributed by atoms with E-state index in [0.717, 1.165) is 30.3 Å². The molecule has 0 aromatic carbocycles. The Morgan fingerprint density at radius 1 is 1.54 bits per heavy atom. The average molecular weight is 179 g/mol. The minimum absolute atomic E-state index is 0.118. The van der Waals surface area contributed by atoms with Crippen molar-refractivity contribution in [2.75, 3.05) is 0 Å². The summed E-state index contributed by atoms with van der Waals surface area (Å²) in [5.41, 5.74) is 6.01. The number of nitrogens with two attached hydrogens (primary N) is 1. The van der Waals surface area contributed by atoms with Crippen molar-refractivity contribution in [3.63, 3.8) is 0 Å². The first kappa shape index (κ1) is 8.82. The average Bonchev–Trinajstić information content (AvgIpc) is 2.82. The van der Waals surface area contributed by atoms with Gasteiger partial charge in [0.15, 0.2) is 0 Å². The molecule has 0 aliphatic heterocycles. The van der Waals surface area contributed by atoms with Gasteiger partial charge in [0, 0.05) is 6.42 Å². The summed E-state index contributed by atoms with van der Waals surface area (Å²) in [6.07, 6.45) is 4.76. The SMILES string of the molecule is CCc1ccc(C(N)CC2CC2)o1. The van der Waals surface area contributed by atoms with Gasteiger partial charge in [-0.25, -0.2) is 0 Å². The third-order valence-electron chi connectivity index (χ3n) is 2.68. The van der Waals surface area contributed by atoms with Crippen LogP contribution in [0.2, 0.25) is 0 Å². The maximum absolute atomic E-state index is 6.01. The van der Waals surface area contributed by atoms with E-state index in [1.807, 2.05) is 12.1 Å². The van der Waals surface area contributed by atoms with Gasteiger partial charge in [-0.15, -0.1) is 0 Å². The van der Waals surface area contributed by atoms with Gasteiger partial charge in [0.1, 0.15) is 11.5 Å². The lowest BCUT2D eigenvalue weighted by Gasteiger charge is -2.06. The molecule has 0 spiro atoms. The molecule has 1 aliphatic rings. The number of furan rings is 1. The summed E-state index contributed by atoms with van der Waals surface area (Å²) in [6, 6.07) is 4.17. The van der Waals surface area contributed by atoms with Gasteiger partial charge in [-0.1, -0.05) is 19.8 Å². The van der Waals surface area contributed by atoms with E-state index in [9.17, 15) is 0 Å². The highest BCUT2D eigenvalue weighted by Crippen LogP contribution is 2.36. The van der Waals surface area contributed by atoms with Crippen molar-refractivity contribution in [3.05, 3.63) is 23.7 Å². The van der Waals surface area contributed by atoms with Crippen molar-refractivity contribution in [1.29, 1.82) is 0 Å². The quantitative estimate of drug-likeness (QED) is 0.771.